The number of hydrogen-bond donors (Lipinski definition) is 1. The summed E-state index contributed by atoms with van der Waals surface area (Å²) in [5.74, 6) is 1.61. The fourth-order valence-electron chi connectivity index (χ4n) is 4.55. The molecule has 0 spiro atoms. The van der Waals surface area contributed by atoms with Gasteiger partial charge in [0, 0.05) is 13.2 Å². The number of sulfone groups is 1. The monoisotopic (exact) mass is 453 g/mol. The number of imidazole rings is 1. The first kappa shape index (κ1) is 22.6. The second-order valence-electron chi connectivity index (χ2n) is 8.59. The van der Waals surface area contributed by atoms with Crippen molar-refractivity contribution in [2.45, 2.75) is 36.6 Å². The van der Waals surface area contributed by atoms with Crippen LogP contribution in [0, 0.1) is 5.92 Å². The molecule has 0 radical (unpaired) electrons. The molecule has 0 saturated heterocycles. The Labute approximate surface area is 190 Å². The lowest BCUT2D eigenvalue weighted by atomic mass is 9.72. The van der Waals surface area contributed by atoms with Gasteiger partial charge in [-0.05, 0) is 72.9 Å². The van der Waals surface area contributed by atoms with Crippen molar-refractivity contribution < 1.29 is 13.2 Å². The molecule has 4 rings (SSSR count). The first-order valence-corrected chi connectivity index (χ1v) is 12.8. The molecule has 3 aromatic rings. The maximum atomic E-state index is 12.4. The number of fused-ring (bicyclic) bond motifs is 1. The van der Waals surface area contributed by atoms with Gasteiger partial charge in [-0.2, -0.15) is 0 Å². The highest BCUT2D eigenvalue weighted by atomic mass is 32.2. The van der Waals surface area contributed by atoms with Gasteiger partial charge >= 0.3 is 0 Å². The maximum absolute atomic E-state index is 12.4. The van der Waals surface area contributed by atoms with Crippen molar-refractivity contribution in [2.75, 3.05) is 18.9 Å². The lowest BCUT2D eigenvalue weighted by molar-refractivity contribution is 0.314. The fourth-order valence-corrected chi connectivity index (χ4v) is 5.79. The summed E-state index contributed by atoms with van der Waals surface area (Å²) in [7, 11) is -1.63. The third kappa shape index (κ3) is 5.22. The zero-order valence-corrected chi connectivity index (χ0v) is 19.3. The third-order valence-corrected chi connectivity index (χ3v) is 7.97. The summed E-state index contributed by atoms with van der Waals surface area (Å²) >= 11 is 0. The molecule has 0 unspecified atom stereocenters. The number of ether oxygens (including phenoxy) is 1. The van der Waals surface area contributed by atoms with Crippen LogP contribution in [0.5, 0.6) is 5.75 Å². The molecular formula is C25H31N3O3S. The van der Waals surface area contributed by atoms with Crippen LogP contribution in [0.25, 0.3) is 0 Å². The van der Waals surface area contributed by atoms with Crippen molar-refractivity contribution in [3.05, 3.63) is 77.7 Å². The molecule has 170 valence electrons. The van der Waals surface area contributed by atoms with Gasteiger partial charge in [-0.1, -0.05) is 36.4 Å². The second kappa shape index (κ2) is 9.88. The summed E-state index contributed by atoms with van der Waals surface area (Å²) in [4.78, 5) is 3.95. The summed E-state index contributed by atoms with van der Waals surface area (Å²) in [6.07, 6.45) is 6.53. The minimum Gasteiger partial charge on any atom is -0.494 e. The van der Waals surface area contributed by atoms with Crippen molar-refractivity contribution in [1.82, 2.24) is 9.55 Å². The van der Waals surface area contributed by atoms with Gasteiger partial charge in [0.15, 0.2) is 14.9 Å². The van der Waals surface area contributed by atoms with Crippen molar-refractivity contribution in [1.29, 1.82) is 0 Å². The van der Waals surface area contributed by atoms with Crippen LogP contribution in [0.2, 0.25) is 0 Å². The number of benzene rings is 2. The lowest BCUT2D eigenvalue weighted by Crippen LogP contribution is -2.28. The highest BCUT2D eigenvalue weighted by molar-refractivity contribution is 7.91. The quantitative estimate of drug-likeness (QED) is 0.501. The highest BCUT2D eigenvalue weighted by Gasteiger charge is 2.29. The van der Waals surface area contributed by atoms with Gasteiger partial charge in [0.05, 0.1) is 18.7 Å². The zero-order valence-electron chi connectivity index (χ0n) is 18.5. The molecule has 0 amide bonds. The van der Waals surface area contributed by atoms with Gasteiger partial charge in [0.25, 0.3) is 0 Å². The predicted molar refractivity (Wildman–Crippen MR) is 126 cm³/mol. The van der Waals surface area contributed by atoms with Gasteiger partial charge < -0.3 is 15.0 Å². The van der Waals surface area contributed by atoms with Crippen molar-refractivity contribution in [3.63, 3.8) is 0 Å². The molecule has 1 heterocycles. The smallest absolute Gasteiger partial charge is 0.197 e. The number of nitrogens with two attached hydrogens (primary N) is 1. The van der Waals surface area contributed by atoms with Crippen LogP contribution in [0.1, 0.15) is 35.4 Å². The van der Waals surface area contributed by atoms with Gasteiger partial charge in [-0.3, -0.25) is 0 Å². The van der Waals surface area contributed by atoms with Gasteiger partial charge in [0.1, 0.15) is 5.75 Å². The van der Waals surface area contributed by atoms with Crippen LogP contribution in [-0.2, 0) is 29.7 Å². The summed E-state index contributed by atoms with van der Waals surface area (Å²) in [5, 5.41) is 0.116. The molecule has 1 aromatic heterocycles. The molecule has 0 fully saturated rings. The first-order chi connectivity index (χ1) is 15.5. The SMILES string of the molecule is Cn1cnc(S(=O)(=O)CCCOc2ccc3c(c2)[C@H](Cc2ccccc2)[C@H](CN)CC3)c1. The molecule has 1 aliphatic rings. The van der Waals surface area contributed by atoms with E-state index in [-0.39, 0.29) is 10.8 Å². The normalized spacial score (nSPS) is 18.3. The van der Waals surface area contributed by atoms with Crippen LogP contribution in [-0.4, -0.2) is 36.9 Å². The summed E-state index contributed by atoms with van der Waals surface area (Å²) in [6.45, 7) is 1.02. The topological polar surface area (TPSA) is 87.2 Å². The third-order valence-electron chi connectivity index (χ3n) is 6.30. The Morgan fingerprint density at radius 2 is 2.00 bits per heavy atom. The number of aromatic nitrogens is 2. The number of aryl methyl sites for hydroxylation is 2. The average Bonchev–Trinajstić information content (AvgIpc) is 3.25. The van der Waals surface area contributed by atoms with Crippen molar-refractivity contribution in [3.8, 4) is 5.75 Å². The molecule has 0 bridgehead atoms. The van der Waals surface area contributed by atoms with Crippen molar-refractivity contribution in [2.24, 2.45) is 18.7 Å². The Hall–Kier alpha value is -2.64. The van der Waals surface area contributed by atoms with E-state index in [9.17, 15) is 8.42 Å². The molecule has 6 nitrogen and oxygen atoms in total. The summed E-state index contributed by atoms with van der Waals surface area (Å²) < 4.78 is 32.4. The minimum atomic E-state index is -3.39. The zero-order chi connectivity index (χ0) is 22.6. The molecule has 2 N–H and O–H groups in total. The molecule has 2 aromatic carbocycles. The molecule has 2 atom stereocenters. The second-order valence-corrected chi connectivity index (χ2v) is 10.6. The molecule has 0 saturated carbocycles. The Morgan fingerprint density at radius 1 is 1.19 bits per heavy atom. The van der Waals surface area contributed by atoms with E-state index in [0.29, 0.717) is 31.4 Å². The number of rotatable bonds is 9. The van der Waals surface area contributed by atoms with E-state index in [0.717, 1.165) is 25.0 Å². The lowest BCUT2D eigenvalue weighted by Gasteiger charge is -2.33. The van der Waals surface area contributed by atoms with E-state index in [4.69, 9.17) is 10.5 Å². The van der Waals surface area contributed by atoms with Gasteiger partial charge in [-0.15, -0.1) is 0 Å². The Bertz CT molecular complexity index is 1140. The number of hydrogen-bond acceptors (Lipinski definition) is 5. The largest absolute Gasteiger partial charge is 0.494 e. The molecule has 32 heavy (non-hydrogen) atoms. The van der Waals surface area contributed by atoms with Crippen LogP contribution < -0.4 is 10.5 Å². The van der Waals surface area contributed by atoms with Crippen LogP contribution >= 0.6 is 0 Å². The van der Waals surface area contributed by atoms with E-state index in [1.165, 1.54) is 29.2 Å². The van der Waals surface area contributed by atoms with E-state index in [2.05, 4.69) is 41.4 Å². The number of nitrogens with zero attached hydrogens (tertiary/aromatic N) is 2. The maximum Gasteiger partial charge on any atom is 0.197 e. The van der Waals surface area contributed by atoms with E-state index in [1.54, 1.807) is 11.6 Å². The van der Waals surface area contributed by atoms with E-state index < -0.39 is 9.84 Å². The van der Waals surface area contributed by atoms with Crippen LogP contribution in [0.4, 0.5) is 0 Å². The van der Waals surface area contributed by atoms with Crippen LogP contribution in [0.3, 0.4) is 0 Å². The van der Waals surface area contributed by atoms with Gasteiger partial charge in [0.2, 0.25) is 0 Å². The van der Waals surface area contributed by atoms with Crippen LogP contribution in [0.15, 0.2) is 66.1 Å². The summed E-state index contributed by atoms with van der Waals surface area (Å²) in [5.41, 5.74) is 10.1. The fraction of sp³-hybridized carbons (Fsp3) is 0.400. The van der Waals surface area contributed by atoms with E-state index >= 15 is 0 Å². The Morgan fingerprint density at radius 3 is 2.72 bits per heavy atom. The van der Waals surface area contributed by atoms with E-state index in [1.807, 2.05) is 12.1 Å². The molecular weight excluding hydrogens is 422 g/mol. The molecule has 1 aliphatic carbocycles. The Balaban J connectivity index is 1.42. The summed E-state index contributed by atoms with van der Waals surface area (Å²) in [6, 6.07) is 16.8. The average molecular weight is 454 g/mol. The first-order valence-electron chi connectivity index (χ1n) is 11.2. The standard InChI is InChI=1S/C25H31N3O3S/c1-28-17-25(27-18-28)32(29,30)13-5-12-31-22-11-10-20-8-9-21(16-26)23(24(20)15-22)14-19-6-3-2-4-7-19/h2-4,6-7,10-11,15,17-18,21,23H,5,8-9,12-14,16,26H2,1H3/t21-,23+/m0/s1. The predicted octanol–water partition coefficient (Wildman–Crippen LogP) is 3.51. The highest BCUT2D eigenvalue weighted by Crippen LogP contribution is 2.39. The Kier molecular flexibility index (Phi) is 6.96. The molecule has 7 heteroatoms. The minimum absolute atomic E-state index is 0.0147. The van der Waals surface area contributed by atoms with Gasteiger partial charge in [-0.25, -0.2) is 13.4 Å². The van der Waals surface area contributed by atoms with Crippen molar-refractivity contribution >= 4 is 9.84 Å². The molecule has 0 aliphatic heterocycles.